The Morgan fingerprint density at radius 2 is 1.77 bits per heavy atom. The van der Waals surface area contributed by atoms with Crippen molar-refractivity contribution in [2.75, 3.05) is 18.8 Å². The van der Waals surface area contributed by atoms with E-state index in [0.717, 1.165) is 10.8 Å². The van der Waals surface area contributed by atoms with Crippen molar-refractivity contribution >= 4 is 31.6 Å². The summed E-state index contributed by atoms with van der Waals surface area (Å²) in [6.07, 6.45) is 0. The fraction of sp³-hybridized carbons (Fsp3) is 0.375. The van der Waals surface area contributed by atoms with Crippen LogP contribution >= 0.6 is 0 Å². The second-order valence-electron chi connectivity index (χ2n) is 6.16. The summed E-state index contributed by atoms with van der Waals surface area (Å²) in [4.78, 5) is 0.301. The van der Waals surface area contributed by atoms with Gasteiger partial charge in [-0.3, -0.25) is 4.21 Å². The maximum absolute atomic E-state index is 12.9. The van der Waals surface area contributed by atoms with E-state index in [0.29, 0.717) is 17.2 Å². The van der Waals surface area contributed by atoms with Crippen LogP contribution in [-0.2, 0) is 20.8 Å². The Hall–Kier alpha value is -1.24. The van der Waals surface area contributed by atoms with E-state index in [1.54, 1.807) is 12.1 Å². The fourth-order valence-corrected chi connectivity index (χ4v) is 5.79. The first-order valence-corrected chi connectivity index (χ1v) is 9.94. The number of benzene rings is 2. The maximum Gasteiger partial charge on any atom is 0.243 e. The lowest BCUT2D eigenvalue weighted by Gasteiger charge is -2.36. The molecule has 0 radical (unpaired) electrons. The van der Waals surface area contributed by atoms with E-state index in [4.69, 9.17) is 0 Å². The Morgan fingerprint density at radius 1 is 1.09 bits per heavy atom. The molecular formula is C16H19NO3S2. The molecule has 4 nitrogen and oxygen atoms in total. The van der Waals surface area contributed by atoms with Crippen LogP contribution in [0, 0.1) is 0 Å². The molecule has 3 rings (SSSR count). The third kappa shape index (κ3) is 2.71. The number of hydrogen-bond acceptors (Lipinski definition) is 3. The summed E-state index contributed by atoms with van der Waals surface area (Å²) in [6, 6.07) is 12.9. The molecule has 6 heteroatoms. The topological polar surface area (TPSA) is 54.5 Å². The molecule has 0 bridgehead atoms. The molecule has 0 amide bonds. The molecule has 0 unspecified atom stereocenters. The maximum atomic E-state index is 12.9. The minimum atomic E-state index is -3.55. The molecule has 0 aromatic heterocycles. The zero-order valence-electron chi connectivity index (χ0n) is 12.7. The average Bonchev–Trinajstić information content (AvgIpc) is 2.49. The van der Waals surface area contributed by atoms with Gasteiger partial charge in [0.2, 0.25) is 10.0 Å². The van der Waals surface area contributed by atoms with Crippen LogP contribution in [0.2, 0.25) is 0 Å². The van der Waals surface area contributed by atoms with Gasteiger partial charge >= 0.3 is 0 Å². The van der Waals surface area contributed by atoms with Crippen molar-refractivity contribution in [3.63, 3.8) is 0 Å². The molecule has 0 N–H and O–H groups in total. The number of hydrogen-bond donors (Lipinski definition) is 0. The Balaban J connectivity index is 1.99. The van der Waals surface area contributed by atoms with Crippen LogP contribution in [0.1, 0.15) is 13.8 Å². The van der Waals surface area contributed by atoms with Gasteiger partial charge in [-0.15, -0.1) is 0 Å². The Kier molecular flexibility index (Phi) is 3.87. The molecule has 118 valence electrons. The van der Waals surface area contributed by atoms with Gasteiger partial charge < -0.3 is 0 Å². The lowest BCUT2D eigenvalue weighted by molar-refractivity contribution is 0.378. The lowest BCUT2D eigenvalue weighted by atomic mass is 10.1. The van der Waals surface area contributed by atoms with Crippen LogP contribution in [0.4, 0.5) is 0 Å². The predicted molar refractivity (Wildman–Crippen MR) is 89.8 cm³/mol. The third-order valence-corrected chi connectivity index (χ3v) is 7.81. The molecule has 1 aliphatic heterocycles. The smallest absolute Gasteiger partial charge is 0.243 e. The van der Waals surface area contributed by atoms with Crippen molar-refractivity contribution in [3.05, 3.63) is 42.5 Å². The van der Waals surface area contributed by atoms with Crippen LogP contribution in [-0.4, -0.2) is 40.5 Å². The second kappa shape index (κ2) is 5.44. The van der Waals surface area contributed by atoms with Crippen LogP contribution < -0.4 is 0 Å². The number of fused-ring (bicyclic) bond motifs is 1. The van der Waals surface area contributed by atoms with Crippen LogP contribution in [0.3, 0.4) is 0 Å². The van der Waals surface area contributed by atoms with Crippen molar-refractivity contribution in [2.45, 2.75) is 23.5 Å². The van der Waals surface area contributed by atoms with Crippen molar-refractivity contribution in [2.24, 2.45) is 0 Å². The van der Waals surface area contributed by atoms with Crippen LogP contribution in [0.15, 0.2) is 47.4 Å². The van der Waals surface area contributed by atoms with E-state index in [-0.39, 0.29) is 6.54 Å². The summed E-state index contributed by atoms with van der Waals surface area (Å²) in [7, 11) is -4.54. The van der Waals surface area contributed by atoms with E-state index in [1.165, 1.54) is 4.31 Å². The molecule has 1 heterocycles. The average molecular weight is 337 g/mol. The van der Waals surface area contributed by atoms with Gasteiger partial charge in [-0.25, -0.2) is 8.42 Å². The van der Waals surface area contributed by atoms with E-state index in [2.05, 4.69) is 0 Å². The first-order chi connectivity index (χ1) is 10.3. The highest BCUT2D eigenvalue weighted by Crippen LogP contribution is 2.27. The molecule has 0 aliphatic carbocycles. The van der Waals surface area contributed by atoms with Crippen LogP contribution in [0.5, 0.6) is 0 Å². The predicted octanol–water partition coefficient (Wildman–Crippen LogP) is 2.37. The summed E-state index contributed by atoms with van der Waals surface area (Å²) >= 11 is 0. The van der Waals surface area contributed by atoms with Crippen molar-refractivity contribution in [1.29, 1.82) is 0 Å². The number of rotatable bonds is 2. The van der Waals surface area contributed by atoms with Gasteiger partial charge in [-0.05, 0) is 36.8 Å². The molecule has 0 spiro atoms. The molecule has 1 saturated heterocycles. The highest BCUT2D eigenvalue weighted by atomic mass is 32.2. The minimum Gasteiger partial charge on any atom is -0.259 e. The molecule has 1 aliphatic rings. The molecule has 2 aromatic carbocycles. The molecule has 22 heavy (non-hydrogen) atoms. The van der Waals surface area contributed by atoms with Crippen molar-refractivity contribution in [3.8, 4) is 0 Å². The monoisotopic (exact) mass is 337 g/mol. The Bertz CT molecular complexity index is 843. The van der Waals surface area contributed by atoms with Gasteiger partial charge in [-0.1, -0.05) is 30.3 Å². The van der Waals surface area contributed by atoms with Gasteiger partial charge in [0.25, 0.3) is 0 Å². The zero-order valence-corrected chi connectivity index (χ0v) is 14.3. The van der Waals surface area contributed by atoms with Crippen LogP contribution in [0.25, 0.3) is 10.8 Å². The zero-order chi connectivity index (χ0) is 16.0. The fourth-order valence-electron chi connectivity index (χ4n) is 2.72. The minimum absolute atomic E-state index is 0.286. The molecule has 1 fully saturated rings. The van der Waals surface area contributed by atoms with E-state index in [9.17, 15) is 12.6 Å². The quantitative estimate of drug-likeness (QED) is 0.845. The molecular weight excluding hydrogens is 318 g/mol. The molecule has 1 atom stereocenters. The Morgan fingerprint density at radius 3 is 2.45 bits per heavy atom. The number of nitrogens with zero attached hydrogens (tertiary/aromatic N) is 1. The normalized spacial score (nSPS) is 22.7. The van der Waals surface area contributed by atoms with Gasteiger partial charge in [0, 0.05) is 29.6 Å². The van der Waals surface area contributed by atoms with Gasteiger partial charge in [0.1, 0.15) is 0 Å². The van der Waals surface area contributed by atoms with Crippen molar-refractivity contribution < 1.29 is 12.6 Å². The summed E-state index contributed by atoms with van der Waals surface area (Å²) in [5.41, 5.74) is 0. The SMILES string of the molecule is CC1(C)CN(S(=O)(=O)c2ccc3ccccc3c2)CC[S@@]1=O. The summed E-state index contributed by atoms with van der Waals surface area (Å²) in [6.45, 7) is 4.30. The van der Waals surface area contributed by atoms with Gasteiger partial charge in [0.05, 0.1) is 9.64 Å². The first kappa shape index (κ1) is 15.6. The third-order valence-electron chi connectivity index (χ3n) is 4.06. The van der Waals surface area contributed by atoms with E-state index >= 15 is 0 Å². The standard InChI is InChI=1S/C16H19NO3S2/c1-16(2)12-17(9-10-21(16)18)22(19,20)15-8-7-13-5-3-4-6-14(13)11-15/h3-8,11H,9-10,12H2,1-2H3/t21-/m0/s1. The van der Waals surface area contributed by atoms with E-state index < -0.39 is 25.6 Å². The molecule has 0 saturated carbocycles. The molecule has 2 aromatic rings. The number of sulfonamides is 1. The highest BCUT2D eigenvalue weighted by molar-refractivity contribution is 7.89. The highest BCUT2D eigenvalue weighted by Gasteiger charge is 2.38. The van der Waals surface area contributed by atoms with E-state index in [1.807, 2.05) is 44.2 Å². The van der Waals surface area contributed by atoms with Gasteiger partial charge in [-0.2, -0.15) is 4.31 Å². The summed E-state index contributed by atoms with van der Waals surface area (Å²) in [5.74, 6) is 0.389. The lowest BCUT2D eigenvalue weighted by Crippen LogP contribution is -2.51. The van der Waals surface area contributed by atoms with Gasteiger partial charge in [0.15, 0.2) is 0 Å². The van der Waals surface area contributed by atoms with Crippen molar-refractivity contribution in [1.82, 2.24) is 4.31 Å². The largest absolute Gasteiger partial charge is 0.259 e. The Labute approximate surface area is 133 Å². The summed E-state index contributed by atoms with van der Waals surface area (Å²) < 4.78 is 38.6. The summed E-state index contributed by atoms with van der Waals surface area (Å²) in [5, 5.41) is 1.92. The first-order valence-electron chi connectivity index (χ1n) is 7.18. The second-order valence-corrected chi connectivity index (χ2v) is 10.3.